The molecule has 2 aliphatic rings. The molecule has 0 amide bonds. The zero-order valence-electron chi connectivity index (χ0n) is 13.2. The van der Waals surface area contributed by atoms with Gasteiger partial charge < -0.3 is 10.2 Å². The summed E-state index contributed by atoms with van der Waals surface area (Å²) < 4.78 is 0. The maximum atomic E-state index is 3.76. The van der Waals surface area contributed by atoms with Crippen LogP contribution in [0.3, 0.4) is 0 Å². The number of hydrogen-bond acceptors (Lipinski definition) is 2. The second kappa shape index (κ2) is 8.26. The fourth-order valence-corrected chi connectivity index (χ4v) is 3.81. The minimum Gasteiger partial charge on any atom is -0.314 e. The Bertz CT molecular complexity index is 227. The average molecular weight is 266 g/mol. The first kappa shape index (κ1) is 15.3. The Morgan fingerprint density at radius 3 is 2.32 bits per heavy atom. The van der Waals surface area contributed by atoms with E-state index in [4.69, 9.17) is 0 Å². The van der Waals surface area contributed by atoms with Crippen molar-refractivity contribution < 1.29 is 0 Å². The van der Waals surface area contributed by atoms with Gasteiger partial charge >= 0.3 is 0 Å². The van der Waals surface area contributed by atoms with Gasteiger partial charge in [-0.25, -0.2) is 0 Å². The van der Waals surface area contributed by atoms with Crippen molar-refractivity contribution >= 4 is 0 Å². The summed E-state index contributed by atoms with van der Waals surface area (Å²) in [5.41, 5.74) is 0. The van der Waals surface area contributed by atoms with Crippen LogP contribution in [0, 0.1) is 5.92 Å². The highest BCUT2D eigenvalue weighted by Crippen LogP contribution is 2.26. The summed E-state index contributed by atoms with van der Waals surface area (Å²) >= 11 is 0. The molecule has 0 aliphatic heterocycles. The highest BCUT2D eigenvalue weighted by Gasteiger charge is 2.21. The van der Waals surface area contributed by atoms with Gasteiger partial charge in [-0.1, -0.05) is 26.2 Å². The number of nitrogens with one attached hydrogen (secondary N) is 1. The first-order chi connectivity index (χ1) is 9.25. The molecule has 2 aliphatic carbocycles. The predicted octanol–water partition coefficient (Wildman–Crippen LogP) is 3.81. The van der Waals surface area contributed by atoms with Gasteiger partial charge in [-0.05, 0) is 71.0 Å². The molecule has 0 radical (unpaired) electrons. The average Bonchev–Trinajstić information content (AvgIpc) is 2.45. The van der Waals surface area contributed by atoms with Crippen LogP contribution < -0.4 is 5.32 Å². The fourth-order valence-electron chi connectivity index (χ4n) is 3.81. The van der Waals surface area contributed by atoms with Crippen molar-refractivity contribution in [3.05, 3.63) is 0 Å². The first-order valence-electron chi connectivity index (χ1n) is 8.69. The van der Waals surface area contributed by atoms with Gasteiger partial charge in [0.25, 0.3) is 0 Å². The molecular formula is C17H34N2. The van der Waals surface area contributed by atoms with Crippen LogP contribution in [0.15, 0.2) is 0 Å². The molecule has 2 heteroatoms. The van der Waals surface area contributed by atoms with Crippen LogP contribution in [-0.4, -0.2) is 37.1 Å². The van der Waals surface area contributed by atoms with Crippen LogP contribution in [0.5, 0.6) is 0 Å². The quantitative estimate of drug-likeness (QED) is 0.736. The van der Waals surface area contributed by atoms with Gasteiger partial charge in [0.2, 0.25) is 0 Å². The summed E-state index contributed by atoms with van der Waals surface area (Å²) in [5.74, 6) is 0.970. The maximum Gasteiger partial charge on any atom is 0.00924 e. The Balaban J connectivity index is 1.52. The number of hydrogen-bond donors (Lipinski definition) is 1. The van der Waals surface area contributed by atoms with Crippen molar-refractivity contribution in [2.75, 3.05) is 20.1 Å². The lowest BCUT2D eigenvalue weighted by Gasteiger charge is -2.33. The van der Waals surface area contributed by atoms with Crippen molar-refractivity contribution in [2.45, 2.75) is 83.2 Å². The number of rotatable bonds is 6. The van der Waals surface area contributed by atoms with E-state index in [2.05, 4.69) is 24.2 Å². The zero-order valence-corrected chi connectivity index (χ0v) is 13.2. The molecule has 0 atom stereocenters. The van der Waals surface area contributed by atoms with Crippen LogP contribution in [0.4, 0.5) is 0 Å². The van der Waals surface area contributed by atoms with E-state index < -0.39 is 0 Å². The van der Waals surface area contributed by atoms with Crippen LogP contribution in [-0.2, 0) is 0 Å². The molecule has 0 saturated heterocycles. The lowest BCUT2D eigenvalue weighted by molar-refractivity contribution is 0.168. The Labute approximate surface area is 120 Å². The van der Waals surface area contributed by atoms with E-state index in [1.807, 2.05) is 0 Å². The summed E-state index contributed by atoms with van der Waals surface area (Å²) in [6, 6.07) is 1.69. The highest BCUT2D eigenvalue weighted by molar-refractivity contribution is 4.77. The summed E-state index contributed by atoms with van der Waals surface area (Å²) in [6.45, 7) is 4.90. The van der Waals surface area contributed by atoms with Gasteiger partial charge in [0.1, 0.15) is 0 Å². The summed E-state index contributed by atoms with van der Waals surface area (Å²) in [7, 11) is 2.33. The molecule has 0 heterocycles. The fraction of sp³-hybridized carbons (Fsp3) is 1.00. The Morgan fingerprint density at radius 2 is 1.63 bits per heavy atom. The van der Waals surface area contributed by atoms with E-state index in [0.717, 1.165) is 18.0 Å². The molecule has 0 spiro atoms. The minimum atomic E-state index is 0.828. The molecular weight excluding hydrogens is 232 g/mol. The smallest absolute Gasteiger partial charge is 0.00924 e. The van der Waals surface area contributed by atoms with E-state index in [1.54, 1.807) is 0 Å². The van der Waals surface area contributed by atoms with Gasteiger partial charge in [-0.15, -0.1) is 0 Å². The second-order valence-electron chi connectivity index (χ2n) is 7.04. The van der Waals surface area contributed by atoms with E-state index in [-0.39, 0.29) is 0 Å². The molecule has 2 fully saturated rings. The third-order valence-electron chi connectivity index (χ3n) is 5.33. The standard InChI is InChI=1S/C17H34N2/c1-15-9-11-17(12-10-15)19(2)14-6-13-18-16-7-4-3-5-8-16/h15-18H,3-14H2,1-2H3. The third-order valence-corrected chi connectivity index (χ3v) is 5.33. The molecule has 0 aromatic carbocycles. The Morgan fingerprint density at radius 1 is 0.947 bits per heavy atom. The van der Waals surface area contributed by atoms with Gasteiger partial charge in [0.15, 0.2) is 0 Å². The monoisotopic (exact) mass is 266 g/mol. The van der Waals surface area contributed by atoms with Gasteiger partial charge in [-0.3, -0.25) is 0 Å². The van der Waals surface area contributed by atoms with Crippen LogP contribution in [0.25, 0.3) is 0 Å². The lowest BCUT2D eigenvalue weighted by Crippen LogP contribution is -2.37. The SMILES string of the molecule is CC1CCC(N(C)CCCNC2CCCCC2)CC1. The molecule has 19 heavy (non-hydrogen) atoms. The molecule has 1 N–H and O–H groups in total. The minimum absolute atomic E-state index is 0.828. The Hall–Kier alpha value is -0.0800. The summed E-state index contributed by atoms with van der Waals surface area (Å²) in [6.07, 6.45) is 14.2. The van der Waals surface area contributed by atoms with Crippen molar-refractivity contribution in [2.24, 2.45) is 5.92 Å². The largest absolute Gasteiger partial charge is 0.314 e. The highest BCUT2D eigenvalue weighted by atomic mass is 15.1. The summed E-state index contributed by atoms with van der Waals surface area (Å²) in [5, 5.41) is 3.76. The normalized spacial score (nSPS) is 29.8. The molecule has 2 rings (SSSR count). The first-order valence-corrected chi connectivity index (χ1v) is 8.69. The van der Waals surface area contributed by atoms with Gasteiger partial charge in [-0.2, -0.15) is 0 Å². The molecule has 0 bridgehead atoms. The summed E-state index contributed by atoms with van der Waals surface area (Å²) in [4.78, 5) is 2.62. The van der Waals surface area contributed by atoms with Crippen LogP contribution in [0.2, 0.25) is 0 Å². The molecule has 0 aromatic rings. The van der Waals surface area contributed by atoms with E-state index in [0.29, 0.717) is 0 Å². The topological polar surface area (TPSA) is 15.3 Å². The zero-order chi connectivity index (χ0) is 13.5. The lowest BCUT2D eigenvalue weighted by atomic mass is 9.87. The molecule has 2 saturated carbocycles. The van der Waals surface area contributed by atoms with E-state index in [9.17, 15) is 0 Å². The van der Waals surface area contributed by atoms with Crippen LogP contribution >= 0.6 is 0 Å². The third kappa shape index (κ3) is 5.43. The maximum absolute atomic E-state index is 3.76. The van der Waals surface area contributed by atoms with Crippen molar-refractivity contribution in [3.63, 3.8) is 0 Å². The van der Waals surface area contributed by atoms with Crippen molar-refractivity contribution in [3.8, 4) is 0 Å². The van der Waals surface area contributed by atoms with Crippen molar-refractivity contribution in [1.82, 2.24) is 10.2 Å². The van der Waals surface area contributed by atoms with Crippen LogP contribution in [0.1, 0.15) is 71.1 Å². The van der Waals surface area contributed by atoms with E-state index in [1.165, 1.54) is 77.3 Å². The van der Waals surface area contributed by atoms with Crippen molar-refractivity contribution in [1.29, 1.82) is 0 Å². The molecule has 0 aromatic heterocycles. The second-order valence-corrected chi connectivity index (χ2v) is 7.04. The molecule has 0 unspecified atom stereocenters. The van der Waals surface area contributed by atoms with Gasteiger partial charge in [0.05, 0.1) is 0 Å². The molecule has 2 nitrogen and oxygen atoms in total. The molecule has 112 valence electrons. The number of nitrogens with zero attached hydrogens (tertiary/aromatic N) is 1. The van der Waals surface area contributed by atoms with E-state index >= 15 is 0 Å². The Kier molecular flexibility index (Phi) is 6.66. The van der Waals surface area contributed by atoms with Gasteiger partial charge in [0, 0.05) is 12.1 Å². The predicted molar refractivity (Wildman–Crippen MR) is 83.5 cm³/mol.